The fraction of sp³-hybridized carbons (Fsp3) is 1.00. The molecular weight excluding hydrogens is 167 g/mol. The largest absolute Gasteiger partial charge is 0.390 e. The molecule has 1 aliphatic heterocycles. The molecule has 0 saturated carbocycles. The highest BCUT2D eigenvalue weighted by Gasteiger charge is 2.48. The summed E-state index contributed by atoms with van der Waals surface area (Å²) in [5, 5.41) is 18.6. The molecule has 1 fully saturated rings. The third-order valence-electron chi connectivity index (χ3n) is 2.06. The molecule has 2 N–H and O–H groups in total. The minimum absolute atomic E-state index is 0.0532. The van der Waals surface area contributed by atoms with Crippen LogP contribution in [0, 0.1) is 0 Å². The van der Waals surface area contributed by atoms with Crippen molar-refractivity contribution in [3.63, 3.8) is 0 Å². The summed E-state index contributed by atoms with van der Waals surface area (Å²) in [7, 11) is -1.39. The molecule has 1 rings (SSSR count). The molecule has 0 amide bonds. The summed E-state index contributed by atoms with van der Waals surface area (Å²) in [5.41, 5.74) is -1.24. The molecule has 0 radical (unpaired) electrons. The van der Waals surface area contributed by atoms with Crippen LogP contribution in [-0.2, 0) is 9.09 Å². The molecule has 1 aliphatic rings. The first-order chi connectivity index (χ1) is 4.90. The first kappa shape index (κ1) is 9.20. The Labute approximate surface area is 65.6 Å². The Bertz CT molecular complexity index is 201. The van der Waals surface area contributed by atoms with E-state index in [1.807, 2.05) is 0 Å². The van der Waals surface area contributed by atoms with Crippen molar-refractivity contribution in [3.8, 4) is 0 Å². The quantitative estimate of drug-likeness (QED) is 0.559. The van der Waals surface area contributed by atoms with Gasteiger partial charge in [0.15, 0.2) is 0 Å². The van der Waals surface area contributed by atoms with E-state index >= 15 is 0 Å². The van der Waals surface area contributed by atoms with Gasteiger partial charge in [-0.1, -0.05) is 0 Å². The first-order valence-electron chi connectivity index (χ1n) is 3.44. The average Bonchev–Trinajstić information content (AvgIpc) is 2.04. The minimum atomic E-state index is -2.73. The predicted molar refractivity (Wildman–Crippen MR) is 41.0 cm³/mol. The maximum absolute atomic E-state index is 11.5. The Morgan fingerprint density at radius 1 is 1.73 bits per heavy atom. The maximum Gasteiger partial charge on any atom is 0.208 e. The molecule has 0 spiro atoms. The van der Waals surface area contributed by atoms with Gasteiger partial charge in [-0.2, -0.15) is 0 Å². The van der Waals surface area contributed by atoms with Crippen LogP contribution in [0.3, 0.4) is 0 Å². The molecule has 1 saturated heterocycles. The molecular formula is C6H13O4P. The van der Waals surface area contributed by atoms with Gasteiger partial charge in [-0.3, -0.25) is 4.57 Å². The van der Waals surface area contributed by atoms with Crippen LogP contribution in [-0.4, -0.2) is 41.4 Å². The van der Waals surface area contributed by atoms with E-state index in [-0.39, 0.29) is 12.3 Å². The van der Waals surface area contributed by atoms with E-state index in [9.17, 15) is 14.8 Å². The van der Waals surface area contributed by atoms with Gasteiger partial charge in [-0.05, 0) is 6.92 Å². The van der Waals surface area contributed by atoms with E-state index < -0.39 is 19.1 Å². The third-order valence-corrected chi connectivity index (χ3v) is 4.75. The van der Waals surface area contributed by atoms with Crippen molar-refractivity contribution in [1.82, 2.24) is 0 Å². The van der Waals surface area contributed by atoms with Crippen molar-refractivity contribution >= 4 is 7.37 Å². The Morgan fingerprint density at radius 3 is 2.45 bits per heavy atom. The van der Waals surface area contributed by atoms with E-state index in [4.69, 9.17) is 4.52 Å². The SMILES string of the molecule is COP1(=O)CC(O)C(C)(O)C1. The van der Waals surface area contributed by atoms with Crippen molar-refractivity contribution in [3.05, 3.63) is 0 Å². The van der Waals surface area contributed by atoms with Crippen molar-refractivity contribution in [2.45, 2.75) is 18.6 Å². The lowest BCUT2D eigenvalue weighted by Gasteiger charge is -2.18. The molecule has 0 aliphatic carbocycles. The molecule has 4 nitrogen and oxygen atoms in total. The van der Waals surface area contributed by atoms with Crippen molar-refractivity contribution in [1.29, 1.82) is 0 Å². The predicted octanol–water partition coefficient (Wildman–Crippen LogP) is 0.0364. The highest BCUT2D eigenvalue weighted by atomic mass is 31.2. The first-order valence-corrected chi connectivity index (χ1v) is 5.43. The monoisotopic (exact) mass is 180 g/mol. The number of rotatable bonds is 1. The molecule has 0 aromatic heterocycles. The second-order valence-electron chi connectivity index (χ2n) is 3.21. The summed E-state index contributed by atoms with van der Waals surface area (Å²) in [6, 6.07) is 0. The zero-order valence-corrected chi connectivity index (χ0v) is 7.54. The van der Waals surface area contributed by atoms with Gasteiger partial charge in [-0.25, -0.2) is 0 Å². The highest BCUT2D eigenvalue weighted by Crippen LogP contribution is 2.55. The standard InChI is InChI=1S/C6H13O4P/c1-6(8)4-11(9,10-2)3-5(6)7/h5,7-8H,3-4H2,1-2H3. The summed E-state index contributed by atoms with van der Waals surface area (Å²) in [4.78, 5) is 0. The lowest BCUT2D eigenvalue weighted by atomic mass is 10.0. The topological polar surface area (TPSA) is 66.8 Å². The summed E-state index contributed by atoms with van der Waals surface area (Å²) in [6.45, 7) is 1.47. The van der Waals surface area contributed by atoms with Crippen LogP contribution in [0.2, 0.25) is 0 Å². The Balaban J connectivity index is 2.79. The third kappa shape index (κ3) is 1.64. The smallest absolute Gasteiger partial charge is 0.208 e. The molecule has 5 heteroatoms. The molecule has 0 aromatic rings. The normalized spacial score (nSPS) is 51.5. The van der Waals surface area contributed by atoms with Gasteiger partial charge in [0.25, 0.3) is 0 Å². The molecule has 0 bridgehead atoms. The Hall–Kier alpha value is 0.110. The molecule has 3 unspecified atom stereocenters. The van der Waals surface area contributed by atoms with Crippen LogP contribution in [0.5, 0.6) is 0 Å². The van der Waals surface area contributed by atoms with Crippen LogP contribution in [0.1, 0.15) is 6.92 Å². The van der Waals surface area contributed by atoms with E-state index in [2.05, 4.69) is 0 Å². The zero-order valence-electron chi connectivity index (χ0n) is 6.65. The minimum Gasteiger partial charge on any atom is -0.390 e. The Morgan fingerprint density at radius 2 is 2.27 bits per heavy atom. The van der Waals surface area contributed by atoms with Gasteiger partial charge in [0, 0.05) is 7.11 Å². The fourth-order valence-electron chi connectivity index (χ4n) is 1.26. The second-order valence-corrected chi connectivity index (χ2v) is 5.89. The van der Waals surface area contributed by atoms with Gasteiger partial charge in [0.05, 0.1) is 24.0 Å². The van der Waals surface area contributed by atoms with Crippen molar-refractivity contribution < 1.29 is 19.3 Å². The molecule has 66 valence electrons. The second kappa shape index (κ2) is 2.56. The summed E-state index contributed by atoms with van der Waals surface area (Å²) < 4.78 is 16.2. The highest BCUT2D eigenvalue weighted by molar-refractivity contribution is 7.59. The van der Waals surface area contributed by atoms with E-state index in [1.165, 1.54) is 14.0 Å². The number of aliphatic hydroxyl groups excluding tert-OH is 1. The Kier molecular flexibility index (Phi) is 2.14. The average molecular weight is 180 g/mol. The van der Waals surface area contributed by atoms with E-state index in [0.29, 0.717) is 0 Å². The van der Waals surface area contributed by atoms with Crippen LogP contribution < -0.4 is 0 Å². The molecule has 0 aromatic carbocycles. The summed E-state index contributed by atoms with van der Waals surface area (Å²) in [6.07, 6.45) is -0.804. The van der Waals surface area contributed by atoms with E-state index in [1.54, 1.807) is 0 Å². The summed E-state index contributed by atoms with van der Waals surface area (Å²) >= 11 is 0. The lowest BCUT2D eigenvalue weighted by Crippen LogP contribution is -2.37. The molecule has 1 heterocycles. The fourth-order valence-corrected chi connectivity index (χ4v) is 3.77. The van der Waals surface area contributed by atoms with Gasteiger partial charge >= 0.3 is 0 Å². The van der Waals surface area contributed by atoms with Gasteiger partial charge in [0.2, 0.25) is 7.37 Å². The van der Waals surface area contributed by atoms with Gasteiger partial charge < -0.3 is 14.7 Å². The van der Waals surface area contributed by atoms with Gasteiger partial charge in [-0.15, -0.1) is 0 Å². The zero-order chi connectivity index (χ0) is 8.70. The lowest BCUT2D eigenvalue weighted by molar-refractivity contribution is -0.0242. The van der Waals surface area contributed by atoms with Crippen molar-refractivity contribution in [2.24, 2.45) is 0 Å². The maximum atomic E-state index is 11.5. The molecule has 11 heavy (non-hydrogen) atoms. The molecule has 3 atom stereocenters. The van der Waals surface area contributed by atoms with Crippen LogP contribution in [0.15, 0.2) is 0 Å². The van der Waals surface area contributed by atoms with Gasteiger partial charge in [0.1, 0.15) is 0 Å². The van der Waals surface area contributed by atoms with Crippen LogP contribution in [0.25, 0.3) is 0 Å². The van der Waals surface area contributed by atoms with Crippen LogP contribution >= 0.6 is 7.37 Å². The number of hydrogen-bond donors (Lipinski definition) is 2. The van der Waals surface area contributed by atoms with E-state index in [0.717, 1.165) is 0 Å². The number of aliphatic hydroxyl groups is 2. The summed E-state index contributed by atoms with van der Waals surface area (Å²) in [5.74, 6) is 0. The van der Waals surface area contributed by atoms with Crippen LogP contribution in [0.4, 0.5) is 0 Å². The number of hydrogen-bond acceptors (Lipinski definition) is 4. The van der Waals surface area contributed by atoms with Crippen molar-refractivity contribution in [2.75, 3.05) is 19.4 Å².